The van der Waals surface area contributed by atoms with Crippen molar-refractivity contribution in [1.29, 1.82) is 0 Å². The number of carboxylic acid groups (broad SMARTS) is 3. The average molecular weight is 1660 g/mol. The van der Waals surface area contributed by atoms with Gasteiger partial charge in [0.2, 0.25) is 0 Å². The third kappa shape index (κ3) is 31.2. The van der Waals surface area contributed by atoms with E-state index >= 15 is 0 Å². The third-order valence-electron chi connectivity index (χ3n) is 21.2. The maximum atomic E-state index is 11.5. The van der Waals surface area contributed by atoms with E-state index in [0.717, 1.165) is 118 Å². The zero-order valence-corrected chi connectivity index (χ0v) is 72.5. The van der Waals surface area contributed by atoms with Gasteiger partial charge in [0.05, 0.1) is 0 Å². The molecule has 12 rings (SSSR count). The van der Waals surface area contributed by atoms with E-state index in [1.165, 1.54) is 33.4 Å². The fraction of sp³-hybridized carbons (Fsp3) is 0.286. The van der Waals surface area contributed by atoms with Gasteiger partial charge in [-0.25, -0.2) is 0 Å². The molecule has 0 saturated carbocycles. The van der Waals surface area contributed by atoms with E-state index in [1.807, 2.05) is 115 Å². The average Bonchev–Trinajstić information content (AvgIpc) is 0.851. The molecule has 0 aromatic heterocycles. The van der Waals surface area contributed by atoms with Crippen molar-refractivity contribution in [2.45, 2.75) is 179 Å². The van der Waals surface area contributed by atoms with E-state index < -0.39 is 36.0 Å². The number of nitrogens with two attached hydrogens (primary N) is 3. The van der Waals surface area contributed by atoms with Gasteiger partial charge in [0, 0.05) is 92.3 Å². The number of ether oxygens (including phenoxy) is 6. The minimum absolute atomic E-state index is 0.326. The van der Waals surface area contributed by atoms with Crippen molar-refractivity contribution in [3.05, 3.63) is 390 Å². The summed E-state index contributed by atoms with van der Waals surface area (Å²) in [7, 11) is 0. The van der Waals surface area contributed by atoms with Gasteiger partial charge in [0.1, 0.15) is 92.3 Å². The van der Waals surface area contributed by atoms with Crippen LogP contribution in [0.25, 0.3) is 0 Å². The molecule has 0 unspecified atom stereocenters. The Labute approximate surface area is 726 Å². The molecule has 123 heavy (non-hydrogen) atoms. The van der Waals surface area contributed by atoms with Crippen molar-refractivity contribution < 1.29 is 58.1 Å². The van der Waals surface area contributed by atoms with Crippen molar-refractivity contribution in [2.75, 3.05) is 19.6 Å². The van der Waals surface area contributed by atoms with Crippen LogP contribution in [0, 0.1) is 62.3 Å². The summed E-state index contributed by atoms with van der Waals surface area (Å²) in [6.45, 7) is 26.4. The molecule has 18 heteroatoms. The molecule has 0 aliphatic rings. The zero-order chi connectivity index (χ0) is 87.6. The van der Waals surface area contributed by atoms with Crippen LogP contribution in [-0.2, 0) is 93.3 Å². The molecule has 12 aromatic rings. The molecule has 0 spiro atoms. The number of carbonyl (C=O) groups is 3. The number of aliphatic carboxylic acids is 3. The molecule has 0 amide bonds. The highest BCUT2D eigenvalue weighted by molar-refractivity contribution is 5.74. The van der Waals surface area contributed by atoms with Gasteiger partial charge in [-0.05, 0) is 162 Å². The van der Waals surface area contributed by atoms with E-state index in [2.05, 4.69) is 235 Å². The molecular formula is C105H120N6O12. The highest BCUT2D eigenvalue weighted by atomic mass is 16.5. The lowest BCUT2D eigenvalue weighted by Crippen LogP contribution is -2.35. The summed E-state index contributed by atoms with van der Waals surface area (Å²) in [4.78, 5) is 41.1. The Hall–Kier alpha value is -12.4. The van der Waals surface area contributed by atoms with Crippen LogP contribution < -0.4 is 45.6 Å². The van der Waals surface area contributed by atoms with Gasteiger partial charge in [-0.3, -0.25) is 29.1 Å². The number of nitrogens with zero attached hydrogens (tertiary/aromatic N) is 3. The Bertz CT molecular complexity index is 5350. The highest BCUT2D eigenvalue weighted by Crippen LogP contribution is 2.33. The first kappa shape index (κ1) is 92.9. The smallest absolute Gasteiger partial charge is 0.320 e. The fourth-order valence-electron chi connectivity index (χ4n) is 14.4. The van der Waals surface area contributed by atoms with Gasteiger partial charge in [0.25, 0.3) is 0 Å². The van der Waals surface area contributed by atoms with Crippen molar-refractivity contribution in [2.24, 2.45) is 17.2 Å². The predicted octanol–water partition coefficient (Wildman–Crippen LogP) is 19.7. The number of hydrogen-bond donors (Lipinski definition) is 6. The molecule has 0 saturated heterocycles. The molecule has 3 atom stereocenters. The van der Waals surface area contributed by atoms with E-state index in [0.29, 0.717) is 118 Å². The molecule has 9 N–H and O–H groups in total. The van der Waals surface area contributed by atoms with Crippen LogP contribution in [0.5, 0.6) is 34.5 Å². The van der Waals surface area contributed by atoms with Gasteiger partial charge in [-0.2, -0.15) is 0 Å². The normalized spacial score (nSPS) is 11.8. The minimum atomic E-state index is -0.996. The maximum absolute atomic E-state index is 11.5. The second kappa shape index (κ2) is 47.7. The van der Waals surface area contributed by atoms with Crippen LogP contribution in [-0.4, -0.2) is 85.7 Å². The molecule has 0 aliphatic heterocycles. The number of rotatable bonds is 42. The van der Waals surface area contributed by atoms with Crippen molar-refractivity contribution in [3.8, 4) is 34.5 Å². The largest absolute Gasteiger partial charge is 0.489 e. The first-order valence-electron chi connectivity index (χ1n) is 42.0. The minimum Gasteiger partial charge on any atom is -0.489 e. The lowest BCUT2D eigenvalue weighted by atomic mass is 10.1. The van der Waals surface area contributed by atoms with Crippen molar-refractivity contribution >= 4 is 17.9 Å². The molecule has 18 nitrogen and oxygen atoms in total. The van der Waals surface area contributed by atoms with Crippen LogP contribution >= 0.6 is 0 Å². The first-order valence-corrected chi connectivity index (χ1v) is 42.0. The number of benzene rings is 12. The Morgan fingerprint density at radius 2 is 0.512 bits per heavy atom. The summed E-state index contributed by atoms with van der Waals surface area (Å²) < 4.78 is 37.7. The standard InChI is InChI=1S/3C35H40N2O4/c1-25-9-6-12-28(19-25)23-40-33-15-5-4-14-30(33)21-37(18-17-32(36)35(38)39)22-31-27(3)11-8-16-34(31)41-24-29-13-7-10-26(2)20-29;1-25-8-6-10-28(18-25)23-40-33-13-5-4-12-30(33)21-37(17-16-32(36)35(38)39)22-31-20-27(3)14-15-34(31)41-24-29-11-7-9-26(2)19-29;1-25-8-6-10-28(18-25)23-40-33-13-5-4-12-30(33)21-37(17-16-32(36)35(38)39)22-31-15-14-27(3)20-34(31)41-24-29-11-7-9-26(2)19-29/h4-16,19-20,32H,17-18,21-24,36H2,1-3H3,(H,38,39);2*4-15,18-20,32H,16-17,21-24,36H2,1-3H3,(H,38,39)/t3*32-/m000/s1. The Balaban J connectivity index is 0.000000193. The van der Waals surface area contributed by atoms with E-state index in [1.54, 1.807) is 0 Å². The number of carboxylic acids is 3. The van der Waals surface area contributed by atoms with Crippen molar-refractivity contribution in [1.82, 2.24) is 14.7 Å². The Morgan fingerprint density at radius 3 is 0.846 bits per heavy atom. The quantitative estimate of drug-likeness (QED) is 0.0208. The van der Waals surface area contributed by atoms with E-state index in [9.17, 15) is 29.7 Å². The number of aryl methyl sites for hydroxylation is 9. The first-order chi connectivity index (χ1) is 59.3. The van der Waals surface area contributed by atoms with Gasteiger partial charge >= 0.3 is 17.9 Å². The summed E-state index contributed by atoms with van der Waals surface area (Å²) in [5.74, 6) is 1.89. The van der Waals surface area contributed by atoms with E-state index in [-0.39, 0.29) is 0 Å². The van der Waals surface area contributed by atoms with Crippen molar-refractivity contribution in [3.63, 3.8) is 0 Å². The van der Waals surface area contributed by atoms with Crippen LogP contribution in [0.2, 0.25) is 0 Å². The van der Waals surface area contributed by atoms with Gasteiger partial charge in [-0.15, -0.1) is 0 Å². The number of hydrogen-bond acceptors (Lipinski definition) is 15. The second-order valence-electron chi connectivity index (χ2n) is 32.1. The van der Waals surface area contributed by atoms with Crippen LogP contribution in [0.4, 0.5) is 0 Å². The molecule has 0 aliphatic carbocycles. The predicted molar refractivity (Wildman–Crippen MR) is 489 cm³/mol. The van der Waals surface area contributed by atoms with Gasteiger partial charge in [-0.1, -0.05) is 276 Å². The molecule has 12 aromatic carbocycles. The SMILES string of the molecule is Cc1cccc(COc2ccccc2CN(CC[C@H](N)C(=O)O)Cc2c(C)cccc2OCc2cccc(C)c2)c1.Cc1cccc(COc2ccccc2CN(CC[C@H](N)C(=O)O)Cc2cc(C)ccc2OCc2cccc(C)c2)c1.Cc1cccc(COc2ccccc2CN(CC[C@H](N)C(=O)O)Cc2ccc(C)cc2OCc2cccc(C)c2)c1. The molecule has 0 radical (unpaired) electrons. The lowest BCUT2D eigenvalue weighted by molar-refractivity contribution is -0.139. The summed E-state index contributed by atoms with van der Waals surface area (Å²) in [5, 5.41) is 28.2. The third-order valence-corrected chi connectivity index (χ3v) is 21.2. The summed E-state index contributed by atoms with van der Waals surface area (Å²) in [5.41, 5.74) is 41.1. The summed E-state index contributed by atoms with van der Waals surface area (Å²) in [6, 6.07) is 89.5. The fourth-order valence-corrected chi connectivity index (χ4v) is 14.4. The molecule has 0 fully saturated rings. The Kier molecular flexibility index (Phi) is 36.0. The topological polar surface area (TPSA) is 255 Å². The van der Waals surface area contributed by atoms with Crippen LogP contribution in [0.3, 0.4) is 0 Å². The Morgan fingerprint density at radius 1 is 0.260 bits per heavy atom. The van der Waals surface area contributed by atoms with Gasteiger partial charge in [0.15, 0.2) is 0 Å². The maximum Gasteiger partial charge on any atom is 0.320 e. The molecule has 642 valence electrons. The van der Waals surface area contributed by atoms with Gasteiger partial charge < -0.3 is 60.9 Å². The lowest BCUT2D eigenvalue weighted by Gasteiger charge is -2.26. The number of para-hydroxylation sites is 3. The summed E-state index contributed by atoms with van der Waals surface area (Å²) >= 11 is 0. The summed E-state index contributed by atoms with van der Waals surface area (Å²) in [6.07, 6.45) is 0.979. The highest BCUT2D eigenvalue weighted by Gasteiger charge is 2.23. The molecular weight excluding hydrogens is 1540 g/mol. The second-order valence-corrected chi connectivity index (χ2v) is 32.1. The van der Waals surface area contributed by atoms with Crippen LogP contribution in [0.15, 0.2) is 273 Å². The zero-order valence-electron chi connectivity index (χ0n) is 72.5. The monoisotopic (exact) mass is 1660 g/mol. The van der Waals surface area contributed by atoms with E-state index in [4.69, 9.17) is 45.6 Å². The van der Waals surface area contributed by atoms with Crippen LogP contribution in [0.1, 0.15) is 136 Å². The molecule has 0 heterocycles. The molecule has 0 bridgehead atoms.